The molecule has 0 unspecified atom stereocenters. The maximum absolute atomic E-state index is 4.88. The molecule has 0 aromatic heterocycles. The van der Waals surface area contributed by atoms with Gasteiger partial charge in [-0.05, 0) is 13.6 Å². The third-order valence-corrected chi connectivity index (χ3v) is 0.610. The molecule has 0 saturated heterocycles. The van der Waals surface area contributed by atoms with Crippen LogP contribution in [0.2, 0.25) is 0 Å². The fraction of sp³-hybridized carbons (Fsp3) is 0.333. The summed E-state index contributed by atoms with van der Waals surface area (Å²) in [5, 5.41) is 0. The number of rotatable bonds is 2. The van der Waals surface area contributed by atoms with Crippen molar-refractivity contribution < 1.29 is 4.74 Å². The zero-order chi connectivity index (χ0) is 7.11. The topological polar surface area (TPSA) is 34.0 Å². The summed E-state index contributed by atoms with van der Waals surface area (Å²) in [5.41, 5.74) is 0. The van der Waals surface area contributed by atoms with E-state index in [1.807, 2.05) is 6.92 Å². The maximum atomic E-state index is 4.88. The van der Waals surface area contributed by atoms with Gasteiger partial charge in [-0.2, -0.15) is 0 Å². The Kier molecular flexibility index (Phi) is 4.40. The fourth-order valence-electron chi connectivity index (χ4n) is 0.331. The normalized spacial score (nSPS) is 10.6. The summed E-state index contributed by atoms with van der Waals surface area (Å²) in [6.07, 6.45) is 1.36. The predicted octanol–water partition coefficient (Wildman–Crippen LogP) is 1.22. The van der Waals surface area contributed by atoms with Crippen molar-refractivity contribution in [3.8, 4) is 0 Å². The summed E-state index contributed by atoms with van der Waals surface area (Å²) in [7, 11) is 0. The van der Waals surface area contributed by atoms with E-state index in [1.165, 1.54) is 6.20 Å². The summed E-state index contributed by atoms with van der Waals surface area (Å²) >= 11 is 0. The molecule has 0 spiro atoms. The molecular formula is C6H10N2O. The van der Waals surface area contributed by atoms with Gasteiger partial charge in [0.05, 0.1) is 6.61 Å². The third kappa shape index (κ3) is 3.46. The van der Waals surface area contributed by atoms with Gasteiger partial charge in [0.1, 0.15) is 0 Å². The smallest absolute Gasteiger partial charge is 0.315 e. The van der Waals surface area contributed by atoms with E-state index in [0.29, 0.717) is 6.61 Å². The monoisotopic (exact) mass is 126 g/mol. The van der Waals surface area contributed by atoms with Crippen molar-refractivity contribution in [2.75, 3.05) is 6.61 Å². The second-order valence-corrected chi connectivity index (χ2v) is 1.19. The highest BCUT2D eigenvalue weighted by Crippen LogP contribution is 1.83. The largest absolute Gasteiger partial charge is 0.464 e. The number of nitrogens with zero attached hydrogens (tertiary/aromatic N) is 2. The maximum Gasteiger partial charge on any atom is 0.315 e. The number of hydrogen-bond acceptors (Lipinski definition) is 2. The minimum Gasteiger partial charge on any atom is -0.464 e. The van der Waals surface area contributed by atoms with Gasteiger partial charge in [-0.25, -0.2) is 9.98 Å². The predicted molar refractivity (Wildman–Crippen MR) is 38.8 cm³/mol. The molecule has 0 amide bonds. The molecule has 0 fully saturated rings. The SMILES string of the molecule is C=CN=C(N=C)OCC. The van der Waals surface area contributed by atoms with Gasteiger partial charge in [0.15, 0.2) is 0 Å². The van der Waals surface area contributed by atoms with Crippen LogP contribution in [-0.2, 0) is 4.74 Å². The molecule has 9 heavy (non-hydrogen) atoms. The minimum atomic E-state index is 0.271. The van der Waals surface area contributed by atoms with Crippen LogP contribution in [0.1, 0.15) is 6.92 Å². The van der Waals surface area contributed by atoms with Crippen LogP contribution in [-0.4, -0.2) is 19.3 Å². The highest BCUT2D eigenvalue weighted by Gasteiger charge is 1.87. The molecule has 0 aliphatic heterocycles. The van der Waals surface area contributed by atoms with Gasteiger partial charge in [-0.3, -0.25) is 0 Å². The van der Waals surface area contributed by atoms with Crippen molar-refractivity contribution in [2.24, 2.45) is 9.98 Å². The van der Waals surface area contributed by atoms with Crippen LogP contribution in [0, 0.1) is 0 Å². The lowest BCUT2D eigenvalue weighted by Gasteiger charge is -1.96. The van der Waals surface area contributed by atoms with Gasteiger partial charge >= 0.3 is 6.02 Å². The second-order valence-electron chi connectivity index (χ2n) is 1.19. The Morgan fingerprint density at radius 3 is 2.78 bits per heavy atom. The average molecular weight is 126 g/mol. The zero-order valence-corrected chi connectivity index (χ0v) is 5.50. The lowest BCUT2D eigenvalue weighted by molar-refractivity contribution is 0.323. The van der Waals surface area contributed by atoms with Gasteiger partial charge in [0.2, 0.25) is 0 Å². The first-order chi connectivity index (χ1) is 4.35. The molecular weight excluding hydrogens is 116 g/mol. The summed E-state index contributed by atoms with van der Waals surface area (Å²) in [4.78, 5) is 7.14. The lowest BCUT2D eigenvalue weighted by Crippen LogP contribution is -1.98. The van der Waals surface area contributed by atoms with Crippen LogP contribution in [0.5, 0.6) is 0 Å². The Balaban J connectivity index is 3.80. The number of amidine groups is 1. The summed E-state index contributed by atoms with van der Waals surface area (Å²) < 4.78 is 4.88. The molecule has 0 radical (unpaired) electrons. The van der Waals surface area contributed by atoms with Gasteiger partial charge in [0.25, 0.3) is 0 Å². The zero-order valence-electron chi connectivity index (χ0n) is 5.50. The van der Waals surface area contributed by atoms with E-state index >= 15 is 0 Å². The number of hydrogen-bond donors (Lipinski definition) is 0. The van der Waals surface area contributed by atoms with E-state index in [0.717, 1.165) is 0 Å². The van der Waals surface area contributed by atoms with E-state index < -0.39 is 0 Å². The number of ether oxygens (including phenoxy) is 1. The first kappa shape index (κ1) is 7.88. The summed E-state index contributed by atoms with van der Waals surface area (Å²) in [5.74, 6) is 0. The number of aliphatic imine (C=N–C) groups is 2. The van der Waals surface area contributed by atoms with E-state index in [2.05, 4.69) is 23.3 Å². The third-order valence-electron chi connectivity index (χ3n) is 0.610. The first-order valence-corrected chi connectivity index (χ1v) is 2.63. The van der Waals surface area contributed by atoms with E-state index in [9.17, 15) is 0 Å². The molecule has 0 saturated carbocycles. The van der Waals surface area contributed by atoms with Crippen molar-refractivity contribution in [1.82, 2.24) is 0 Å². The molecule has 0 aliphatic rings. The minimum absolute atomic E-state index is 0.271. The van der Waals surface area contributed by atoms with Crippen LogP contribution in [0.4, 0.5) is 0 Å². The molecule has 0 aromatic carbocycles. The molecule has 0 aliphatic carbocycles. The van der Waals surface area contributed by atoms with Crippen molar-refractivity contribution in [2.45, 2.75) is 6.92 Å². The molecule has 0 N–H and O–H groups in total. The van der Waals surface area contributed by atoms with Crippen LogP contribution in [0.15, 0.2) is 22.8 Å². The summed E-state index contributed by atoms with van der Waals surface area (Å²) in [6, 6.07) is 0.271. The quantitative estimate of drug-likeness (QED) is 0.404. The fourth-order valence-corrected chi connectivity index (χ4v) is 0.331. The van der Waals surface area contributed by atoms with Gasteiger partial charge in [-0.15, -0.1) is 0 Å². The molecule has 3 heteroatoms. The highest BCUT2D eigenvalue weighted by atomic mass is 16.5. The molecule has 0 bridgehead atoms. The molecule has 0 aromatic rings. The first-order valence-electron chi connectivity index (χ1n) is 2.63. The van der Waals surface area contributed by atoms with E-state index in [4.69, 9.17) is 4.74 Å². The second kappa shape index (κ2) is 5.03. The summed E-state index contributed by atoms with van der Waals surface area (Å²) in [6.45, 7) is 9.02. The lowest BCUT2D eigenvalue weighted by atomic mass is 10.8. The molecule has 0 heterocycles. The standard InChI is InChI=1S/C6H10N2O/c1-4-8-6(7-3)9-5-2/h4H,1,3,5H2,2H3. The Labute approximate surface area is 54.8 Å². The van der Waals surface area contributed by atoms with Crippen molar-refractivity contribution in [3.05, 3.63) is 12.8 Å². The van der Waals surface area contributed by atoms with Crippen molar-refractivity contribution in [1.29, 1.82) is 0 Å². The highest BCUT2D eigenvalue weighted by molar-refractivity contribution is 5.78. The Bertz CT molecular complexity index is 129. The van der Waals surface area contributed by atoms with Crippen LogP contribution in [0.3, 0.4) is 0 Å². The van der Waals surface area contributed by atoms with Crippen molar-refractivity contribution >= 4 is 12.7 Å². The molecule has 50 valence electrons. The van der Waals surface area contributed by atoms with Gasteiger partial charge in [-0.1, -0.05) is 6.58 Å². The van der Waals surface area contributed by atoms with Crippen LogP contribution < -0.4 is 0 Å². The van der Waals surface area contributed by atoms with Crippen LogP contribution in [0.25, 0.3) is 0 Å². The average Bonchev–Trinajstić information content (AvgIpc) is 1.88. The van der Waals surface area contributed by atoms with E-state index in [-0.39, 0.29) is 6.02 Å². The molecule has 3 nitrogen and oxygen atoms in total. The van der Waals surface area contributed by atoms with Gasteiger partial charge in [0, 0.05) is 6.20 Å². The van der Waals surface area contributed by atoms with Crippen molar-refractivity contribution in [3.63, 3.8) is 0 Å². The Morgan fingerprint density at radius 2 is 2.44 bits per heavy atom. The molecule has 0 atom stereocenters. The molecule has 0 rings (SSSR count). The van der Waals surface area contributed by atoms with Crippen LogP contribution >= 0.6 is 0 Å². The van der Waals surface area contributed by atoms with Gasteiger partial charge < -0.3 is 4.74 Å². The van der Waals surface area contributed by atoms with E-state index in [1.54, 1.807) is 0 Å². The Hall–Kier alpha value is -1.12. The Morgan fingerprint density at radius 1 is 1.78 bits per heavy atom.